The van der Waals surface area contributed by atoms with Gasteiger partial charge in [0.2, 0.25) is 0 Å². The number of carbonyl (C=O) groups excluding carboxylic acids is 1. The highest BCUT2D eigenvalue weighted by atomic mass is 35.5. The Balaban J connectivity index is 1.48. The van der Waals surface area contributed by atoms with E-state index < -0.39 is 0 Å². The number of rotatable bonds is 2. The molecule has 0 aliphatic carbocycles. The van der Waals surface area contributed by atoms with Crippen molar-refractivity contribution in [2.45, 2.75) is 18.9 Å². The van der Waals surface area contributed by atoms with Crippen LogP contribution in [0.4, 0.5) is 4.39 Å². The molecule has 0 saturated carbocycles. The Morgan fingerprint density at radius 3 is 2.82 bits per heavy atom. The molecule has 3 aromatic rings. The first-order valence-corrected chi connectivity index (χ1v) is 10.4. The summed E-state index contributed by atoms with van der Waals surface area (Å²) in [4.78, 5) is 15.6. The van der Waals surface area contributed by atoms with Crippen molar-refractivity contribution in [3.63, 3.8) is 0 Å². The maximum absolute atomic E-state index is 13.5. The molecule has 0 bridgehead atoms. The van der Waals surface area contributed by atoms with Gasteiger partial charge in [-0.05, 0) is 48.7 Å². The number of fused-ring (bicyclic) bond motifs is 2. The third-order valence-electron chi connectivity index (χ3n) is 5.25. The second kappa shape index (κ2) is 6.94. The molecule has 28 heavy (non-hydrogen) atoms. The molecular formula is C21H17ClFNO3S. The molecule has 1 fully saturated rings. The van der Waals surface area contributed by atoms with E-state index in [9.17, 15) is 9.18 Å². The van der Waals surface area contributed by atoms with Crippen LogP contribution in [0.2, 0.25) is 5.02 Å². The molecule has 0 spiro atoms. The topological polar surface area (TPSA) is 38.8 Å². The van der Waals surface area contributed by atoms with Crippen LogP contribution in [0.15, 0.2) is 36.4 Å². The van der Waals surface area contributed by atoms with Crippen molar-refractivity contribution in [2.75, 3.05) is 19.8 Å². The van der Waals surface area contributed by atoms with Crippen molar-refractivity contribution in [3.8, 4) is 11.5 Å². The highest BCUT2D eigenvalue weighted by Gasteiger charge is 2.33. The van der Waals surface area contributed by atoms with Gasteiger partial charge in [-0.25, -0.2) is 4.39 Å². The van der Waals surface area contributed by atoms with Crippen LogP contribution < -0.4 is 9.47 Å². The minimum atomic E-state index is -0.334. The average molecular weight is 418 g/mol. The summed E-state index contributed by atoms with van der Waals surface area (Å²) in [5, 5.41) is 1.12. The van der Waals surface area contributed by atoms with Crippen molar-refractivity contribution >= 4 is 38.9 Å². The number of thiophene rings is 1. The van der Waals surface area contributed by atoms with Crippen LogP contribution in [0.5, 0.6) is 11.5 Å². The van der Waals surface area contributed by atoms with Crippen LogP contribution in [0.25, 0.3) is 10.1 Å². The molecule has 0 N–H and O–H groups in total. The van der Waals surface area contributed by atoms with Gasteiger partial charge >= 0.3 is 0 Å². The standard InChI is InChI=1S/C21H17ClFNO3S/c22-19-14-5-4-13(23)11-18(14)28-20(19)21(25)24-7-1-2-15(24)12-3-6-16-17(10-12)27-9-8-26-16/h3-6,10-11,15H,1-2,7-9H2. The number of carbonyl (C=O) groups is 1. The van der Waals surface area contributed by atoms with Gasteiger partial charge in [0.15, 0.2) is 11.5 Å². The van der Waals surface area contributed by atoms with Crippen LogP contribution in [0.3, 0.4) is 0 Å². The van der Waals surface area contributed by atoms with E-state index in [1.54, 1.807) is 6.07 Å². The summed E-state index contributed by atoms with van der Waals surface area (Å²) in [6, 6.07) is 10.2. The molecule has 7 heteroatoms. The Labute approximate surface area is 170 Å². The number of benzene rings is 2. The van der Waals surface area contributed by atoms with Crippen LogP contribution in [-0.2, 0) is 0 Å². The minimum absolute atomic E-state index is 0.0404. The Kier molecular flexibility index (Phi) is 4.40. The van der Waals surface area contributed by atoms with Gasteiger partial charge in [0.25, 0.3) is 5.91 Å². The number of nitrogens with zero attached hydrogens (tertiary/aromatic N) is 1. The zero-order chi connectivity index (χ0) is 19.3. The van der Waals surface area contributed by atoms with Crippen LogP contribution in [0, 0.1) is 5.82 Å². The molecule has 2 aliphatic rings. The van der Waals surface area contributed by atoms with Crippen molar-refractivity contribution in [1.29, 1.82) is 0 Å². The molecule has 3 heterocycles. The molecular weight excluding hydrogens is 401 g/mol. The molecule has 144 valence electrons. The van der Waals surface area contributed by atoms with Gasteiger partial charge in [-0.2, -0.15) is 0 Å². The van der Waals surface area contributed by atoms with E-state index in [0.29, 0.717) is 39.7 Å². The molecule has 1 aromatic heterocycles. The maximum atomic E-state index is 13.5. The highest BCUT2D eigenvalue weighted by molar-refractivity contribution is 7.21. The van der Waals surface area contributed by atoms with Crippen molar-refractivity contribution in [3.05, 3.63) is 57.7 Å². The quantitative estimate of drug-likeness (QED) is 0.557. The van der Waals surface area contributed by atoms with Gasteiger partial charge in [0, 0.05) is 16.6 Å². The van der Waals surface area contributed by atoms with Crippen LogP contribution in [0.1, 0.15) is 34.1 Å². The first-order chi connectivity index (χ1) is 13.6. The second-order valence-corrected chi connectivity index (χ2v) is 8.38. The van der Waals surface area contributed by atoms with E-state index in [1.165, 1.54) is 23.5 Å². The lowest BCUT2D eigenvalue weighted by atomic mass is 10.0. The monoisotopic (exact) mass is 417 g/mol. The SMILES string of the molecule is O=C(c1sc2cc(F)ccc2c1Cl)N1CCCC1c1ccc2c(c1)OCCO2. The number of hydrogen-bond acceptors (Lipinski definition) is 4. The predicted octanol–water partition coefficient (Wildman–Crippen LogP) is 5.44. The highest BCUT2D eigenvalue weighted by Crippen LogP contribution is 2.41. The summed E-state index contributed by atoms with van der Waals surface area (Å²) in [5.74, 6) is 1.02. The summed E-state index contributed by atoms with van der Waals surface area (Å²) < 4.78 is 25.5. The first-order valence-electron chi connectivity index (χ1n) is 9.20. The van der Waals surface area contributed by atoms with E-state index in [2.05, 4.69) is 0 Å². The van der Waals surface area contributed by atoms with Gasteiger partial charge in [-0.1, -0.05) is 17.7 Å². The molecule has 2 aliphatic heterocycles. The summed E-state index contributed by atoms with van der Waals surface area (Å²) >= 11 is 7.72. The lowest BCUT2D eigenvalue weighted by Crippen LogP contribution is -2.30. The fraction of sp³-hybridized carbons (Fsp3) is 0.286. The molecule has 1 amide bonds. The lowest BCUT2D eigenvalue weighted by molar-refractivity contribution is 0.0740. The minimum Gasteiger partial charge on any atom is -0.486 e. The molecule has 2 aromatic carbocycles. The third-order valence-corrected chi connectivity index (χ3v) is 6.90. The normalized spacial score (nSPS) is 18.6. The molecule has 4 nitrogen and oxygen atoms in total. The summed E-state index contributed by atoms with van der Waals surface area (Å²) in [5.41, 5.74) is 1.03. The van der Waals surface area contributed by atoms with Crippen LogP contribution in [-0.4, -0.2) is 30.6 Å². The maximum Gasteiger partial charge on any atom is 0.266 e. The van der Waals surface area contributed by atoms with Crippen molar-refractivity contribution < 1.29 is 18.7 Å². The second-order valence-electron chi connectivity index (χ2n) is 6.95. The third kappa shape index (κ3) is 2.91. The summed E-state index contributed by atoms with van der Waals surface area (Å²) in [6.45, 7) is 1.74. The molecule has 1 atom stereocenters. The van der Waals surface area contributed by atoms with Crippen molar-refractivity contribution in [1.82, 2.24) is 4.90 Å². The molecule has 1 unspecified atom stereocenters. The first kappa shape index (κ1) is 17.8. The summed E-state index contributed by atoms with van der Waals surface area (Å²) in [7, 11) is 0. The predicted molar refractivity (Wildman–Crippen MR) is 107 cm³/mol. The number of halogens is 2. The fourth-order valence-corrected chi connectivity index (χ4v) is 5.42. The van der Waals surface area contributed by atoms with E-state index >= 15 is 0 Å². The Morgan fingerprint density at radius 1 is 1.14 bits per heavy atom. The Hall–Kier alpha value is -2.31. The summed E-state index contributed by atoms with van der Waals surface area (Å²) in [6.07, 6.45) is 1.80. The largest absolute Gasteiger partial charge is 0.486 e. The van der Waals surface area contributed by atoms with Gasteiger partial charge < -0.3 is 14.4 Å². The smallest absolute Gasteiger partial charge is 0.266 e. The van der Waals surface area contributed by atoms with Gasteiger partial charge in [-0.15, -0.1) is 11.3 Å². The van der Waals surface area contributed by atoms with E-state index in [-0.39, 0.29) is 17.8 Å². The van der Waals surface area contributed by atoms with Crippen LogP contribution >= 0.6 is 22.9 Å². The number of ether oxygens (including phenoxy) is 2. The average Bonchev–Trinajstić information content (AvgIpc) is 3.32. The van der Waals surface area contributed by atoms with Gasteiger partial charge in [0.1, 0.15) is 23.9 Å². The fourth-order valence-electron chi connectivity index (χ4n) is 3.93. The van der Waals surface area contributed by atoms with E-state index in [4.69, 9.17) is 21.1 Å². The Bertz CT molecular complexity index is 1080. The molecule has 0 radical (unpaired) electrons. The zero-order valence-corrected chi connectivity index (χ0v) is 16.5. The van der Waals surface area contributed by atoms with Gasteiger partial charge in [0.05, 0.1) is 11.1 Å². The number of amides is 1. The molecule has 5 rings (SSSR count). The lowest BCUT2D eigenvalue weighted by Gasteiger charge is -2.26. The number of likely N-dealkylation sites (tertiary alicyclic amines) is 1. The van der Waals surface area contributed by atoms with Gasteiger partial charge in [-0.3, -0.25) is 4.79 Å². The van der Waals surface area contributed by atoms with E-state index in [1.807, 2.05) is 23.1 Å². The van der Waals surface area contributed by atoms with Crippen molar-refractivity contribution in [2.24, 2.45) is 0 Å². The molecule has 1 saturated heterocycles. The van der Waals surface area contributed by atoms with E-state index in [0.717, 1.165) is 29.9 Å². The number of hydrogen-bond donors (Lipinski definition) is 0. The zero-order valence-electron chi connectivity index (χ0n) is 14.9. The Morgan fingerprint density at radius 2 is 1.96 bits per heavy atom.